The summed E-state index contributed by atoms with van der Waals surface area (Å²) < 4.78 is 0. The van der Waals surface area contributed by atoms with Crippen molar-refractivity contribution >= 4 is 5.91 Å². The van der Waals surface area contributed by atoms with Crippen LogP contribution in [0.2, 0.25) is 0 Å². The van der Waals surface area contributed by atoms with Gasteiger partial charge in [0.05, 0.1) is 5.92 Å². The Balaban J connectivity index is 1.73. The zero-order valence-corrected chi connectivity index (χ0v) is 9.87. The quantitative estimate of drug-likeness (QED) is 0.636. The van der Waals surface area contributed by atoms with E-state index in [-0.39, 0.29) is 11.8 Å². The Labute approximate surface area is 97.3 Å². The van der Waals surface area contributed by atoms with E-state index in [0.29, 0.717) is 12.1 Å². The summed E-state index contributed by atoms with van der Waals surface area (Å²) in [5.41, 5.74) is 5.85. The maximum atomic E-state index is 12.0. The van der Waals surface area contributed by atoms with Gasteiger partial charge in [0.1, 0.15) is 0 Å². The first-order chi connectivity index (χ1) is 7.75. The molecule has 0 aromatic heterocycles. The minimum atomic E-state index is 0.185. The standard InChI is InChI=1S/C12H23N3O/c13-10-3-5-11(6-4-10)15-12(16)9-2-1-7-14-8-9/h9-11,14H,1-8,13H2,(H,15,16)/t9-,10?,11?/m0/s1. The first-order valence-corrected chi connectivity index (χ1v) is 6.52. The number of hydrogen-bond donors (Lipinski definition) is 3. The molecule has 16 heavy (non-hydrogen) atoms. The molecule has 1 saturated carbocycles. The normalized spacial score (nSPS) is 35.7. The Morgan fingerprint density at radius 2 is 1.94 bits per heavy atom. The maximum absolute atomic E-state index is 12.0. The van der Waals surface area contributed by atoms with Crippen LogP contribution in [-0.2, 0) is 4.79 Å². The minimum absolute atomic E-state index is 0.185. The highest BCUT2D eigenvalue weighted by Gasteiger charge is 2.25. The van der Waals surface area contributed by atoms with E-state index in [1.54, 1.807) is 0 Å². The Morgan fingerprint density at radius 3 is 2.56 bits per heavy atom. The fraction of sp³-hybridized carbons (Fsp3) is 0.917. The van der Waals surface area contributed by atoms with Crippen molar-refractivity contribution in [2.24, 2.45) is 11.7 Å². The van der Waals surface area contributed by atoms with Crippen molar-refractivity contribution < 1.29 is 4.79 Å². The molecule has 0 aromatic rings. The molecule has 4 nitrogen and oxygen atoms in total. The van der Waals surface area contributed by atoms with E-state index < -0.39 is 0 Å². The Hall–Kier alpha value is -0.610. The van der Waals surface area contributed by atoms with Crippen molar-refractivity contribution in [2.75, 3.05) is 13.1 Å². The van der Waals surface area contributed by atoms with Gasteiger partial charge in [-0.1, -0.05) is 0 Å². The highest BCUT2D eigenvalue weighted by Crippen LogP contribution is 2.18. The van der Waals surface area contributed by atoms with Gasteiger partial charge in [-0.05, 0) is 45.1 Å². The Morgan fingerprint density at radius 1 is 1.19 bits per heavy atom. The van der Waals surface area contributed by atoms with Gasteiger partial charge in [0.15, 0.2) is 0 Å². The molecule has 0 radical (unpaired) electrons. The smallest absolute Gasteiger partial charge is 0.224 e. The van der Waals surface area contributed by atoms with Crippen molar-refractivity contribution in [3.05, 3.63) is 0 Å². The van der Waals surface area contributed by atoms with Crippen molar-refractivity contribution in [3.63, 3.8) is 0 Å². The first-order valence-electron chi connectivity index (χ1n) is 6.52. The minimum Gasteiger partial charge on any atom is -0.353 e. The summed E-state index contributed by atoms with van der Waals surface area (Å²) in [6, 6.07) is 0.721. The van der Waals surface area contributed by atoms with Gasteiger partial charge in [0.25, 0.3) is 0 Å². The predicted octanol–water partition coefficient (Wildman–Crippen LogP) is 0.372. The van der Waals surface area contributed by atoms with E-state index in [9.17, 15) is 4.79 Å². The number of hydrogen-bond acceptors (Lipinski definition) is 3. The number of amides is 1. The summed E-state index contributed by atoms with van der Waals surface area (Å²) in [5, 5.41) is 6.45. The Kier molecular flexibility index (Phi) is 4.18. The molecule has 0 unspecified atom stereocenters. The lowest BCUT2D eigenvalue weighted by Gasteiger charge is -2.29. The monoisotopic (exact) mass is 225 g/mol. The zero-order valence-electron chi connectivity index (χ0n) is 9.87. The third-order valence-corrected chi connectivity index (χ3v) is 3.79. The van der Waals surface area contributed by atoms with Gasteiger partial charge in [-0.3, -0.25) is 4.79 Å². The third kappa shape index (κ3) is 3.19. The van der Waals surface area contributed by atoms with Crippen LogP contribution >= 0.6 is 0 Å². The SMILES string of the molecule is NC1CCC(NC(=O)[C@H]2CCCNC2)CC1. The van der Waals surface area contributed by atoms with Gasteiger partial charge in [-0.25, -0.2) is 0 Å². The predicted molar refractivity (Wildman–Crippen MR) is 64.0 cm³/mol. The molecule has 2 rings (SSSR count). The highest BCUT2D eigenvalue weighted by molar-refractivity contribution is 5.79. The molecule has 1 aliphatic heterocycles. The second-order valence-corrected chi connectivity index (χ2v) is 5.16. The molecule has 1 heterocycles. The summed E-state index contributed by atoms with van der Waals surface area (Å²) >= 11 is 0. The highest BCUT2D eigenvalue weighted by atomic mass is 16.2. The van der Waals surface area contributed by atoms with Crippen molar-refractivity contribution in [3.8, 4) is 0 Å². The van der Waals surface area contributed by atoms with Crippen LogP contribution in [0.15, 0.2) is 0 Å². The fourth-order valence-corrected chi connectivity index (χ4v) is 2.66. The number of piperidine rings is 1. The van der Waals surface area contributed by atoms with E-state index in [1.807, 2.05) is 0 Å². The molecule has 1 amide bonds. The maximum Gasteiger partial charge on any atom is 0.224 e. The van der Waals surface area contributed by atoms with E-state index in [2.05, 4.69) is 10.6 Å². The molecule has 92 valence electrons. The lowest BCUT2D eigenvalue weighted by molar-refractivity contribution is -0.126. The Bertz CT molecular complexity index is 230. The van der Waals surface area contributed by atoms with E-state index in [4.69, 9.17) is 5.73 Å². The van der Waals surface area contributed by atoms with Crippen LogP contribution in [0.25, 0.3) is 0 Å². The largest absolute Gasteiger partial charge is 0.353 e. The number of nitrogens with one attached hydrogen (secondary N) is 2. The van der Waals surface area contributed by atoms with Crippen LogP contribution < -0.4 is 16.4 Å². The summed E-state index contributed by atoms with van der Waals surface area (Å²) in [6.45, 7) is 1.90. The summed E-state index contributed by atoms with van der Waals surface area (Å²) in [5.74, 6) is 0.428. The molecular weight excluding hydrogens is 202 g/mol. The zero-order chi connectivity index (χ0) is 11.4. The second kappa shape index (κ2) is 5.64. The molecule has 4 heteroatoms. The van der Waals surface area contributed by atoms with Crippen LogP contribution in [0.5, 0.6) is 0 Å². The number of carbonyl (C=O) groups excluding carboxylic acids is 1. The van der Waals surface area contributed by atoms with Crippen LogP contribution in [0, 0.1) is 5.92 Å². The molecule has 0 spiro atoms. The lowest BCUT2D eigenvalue weighted by Crippen LogP contribution is -2.46. The van der Waals surface area contributed by atoms with E-state index >= 15 is 0 Å². The van der Waals surface area contributed by atoms with E-state index in [0.717, 1.165) is 51.6 Å². The summed E-state index contributed by atoms with van der Waals surface area (Å²) in [7, 11) is 0. The molecule has 4 N–H and O–H groups in total. The molecule has 2 aliphatic rings. The molecule has 0 aromatic carbocycles. The molecule has 2 fully saturated rings. The van der Waals surface area contributed by atoms with Gasteiger partial charge in [-0.15, -0.1) is 0 Å². The molecule has 1 atom stereocenters. The van der Waals surface area contributed by atoms with Gasteiger partial charge in [-0.2, -0.15) is 0 Å². The van der Waals surface area contributed by atoms with Crippen molar-refractivity contribution in [1.82, 2.24) is 10.6 Å². The van der Waals surface area contributed by atoms with Crippen LogP contribution in [0.4, 0.5) is 0 Å². The molecular formula is C12H23N3O. The lowest BCUT2D eigenvalue weighted by atomic mass is 9.91. The molecule has 0 bridgehead atoms. The molecule has 1 aliphatic carbocycles. The van der Waals surface area contributed by atoms with Gasteiger partial charge >= 0.3 is 0 Å². The number of rotatable bonds is 2. The molecule has 1 saturated heterocycles. The van der Waals surface area contributed by atoms with E-state index in [1.165, 1.54) is 0 Å². The third-order valence-electron chi connectivity index (χ3n) is 3.79. The topological polar surface area (TPSA) is 67.1 Å². The van der Waals surface area contributed by atoms with Crippen molar-refractivity contribution in [1.29, 1.82) is 0 Å². The van der Waals surface area contributed by atoms with Gasteiger partial charge < -0.3 is 16.4 Å². The average Bonchev–Trinajstić information content (AvgIpc) is 2.33. The summed E-state index contributed by atoms with van der Waals surface area (Å²) in [6.07, 6.45) is 6.35. The summed E-state index contributed by atoms with van der Waals surface area (Å²) in [4.78, 5) is 12.0. The second-order valence-electron chi connectivity index (χ2n) is 5.16. The average molecular weight is 225 g/mol. The van der Waals surface area contributed by atoms with Crippen LogP contribution in [-0.4, -0.2) is 31.1 Å². The van der Waals surface area contributed by atoms with Gasteiger partial charge in [0, 0.05) is 18.6 Å². The van der Waals surface area contributed by atoms with Crippen molar-refractivity contribution in [2.45, 2.75) is 50.6 Å². The number of carbonyl (C=O) groups is 1. The number of nitrogens with two attached hydrogens (primary N) is 1. The first kappa shape index (κ1) is 11.9. The van der Waals surface area contributed by atoms with Gasteiger partial charge in [0.2, 0.25) is 5.91 Å². The fourth-order valence-electron chi connectivity index (χ4n) is 2.66. The van der Waals surface area contributed by atoms with Crippen LogP contribution in [0.1, 0.15) is 38.5 Å². The van der Waals surface area contributed by atoms with Crippen LogP contribution in [0.3, 0.4) is 0 Å².